The van der Waals surface area contributed by atoms with E-state index in [0.717, 1.165) is 37.8 Å². The van der Waals surface area contributed by atoms with Gasteiger partial charge in [0.15, 0.2) is 9.84 Å². The molecule has 1 aliphatic carbocycles. The van der Waals surface area contributed by atoms with Gasteiger partial charge in [0.05, 0.1) is 10.5 Å². The Hall–Kier alpha value is -0.870. The van der Waals surface area contributed by atoms with E-state index >= 15 is 0 Å². The molecule has 3 nitrogen and oxygen atoms in total. The highest BCUT2D eigenvalue weighted by Crippen LogP contribution is 2.32. The third kappa shape index (κ3) is 3.23. The van der Waals surface area contributed by atoms with Gasteiger partial charge in [0.2, 0.25) is 0 Å². The maximum absolute atomic E-state index is 12.8. The minimum Gasteiger partial charge on any atom is -0.309 e. The second-order valence-electron chi connectivity index (χ2n) is 5.65. The first kappa shape index (κ1) is 15.5. The van der Waals surface area contributed by atoms with Crippen molar-refractivity contribution in [3.63, 3.8) is 0 Å². The van der Waals surface area contributed by atoms with Crippen LogP contribution in [0.4, 0.5) is 0 Å². The predicted octanol–water partition coefficient (Wildman–Crippen LogP) is 3.08. The highest BCUT2D eigenvalue weighted by molar-refractivity contribution is 7.92. The normalized spacial score (nSPS) is 19.9. The highest BCUT2D eigenvalue weighted by atomic mass is 32.2. The zero-order chi connectivity index (χ0) is 14.6. The van der Waals surface area contributed by atoms with Gasteiger partial charge < -0.3 is 5.32 Å². The topological polar surface area (TPSA) is 46.2 Å². The van der Waals surface area contributed by atoms with Gasteiger partial charge in [-0.2, -0.15) is 0 Å². The van der Waals surface area contributed by atoms with Crippen LogP contribution in [0.3, 0.4) is 0 Å². The fourth-order valence-electron chi connectivity index (χ4n) is 3.15. The van der Waals surface area contributed by atoms with Gasteiger partial charge in [-0.25, -0.2) is 8.42 Å². The molecule has 1 aromatic carbocycles. The Labute approximate surface area is 122 Å². The summed E-state index contributed by atoms with van der Waals surface area (Å²) in [6, 6.07) is 9.79. The van der Waals surface area contributed by atoms with Crippen molar-refractivity contribution < 1.29 is 8.42 Å². The number of benzene rings is 1. The van der Waals surface area contributed by atoms with Crippen LogP contribution in [0.25, 0.3) is 0 Å². The third-order valence-corrected chi connectivity index (χ3v) is 7.05. The molecule has 0 bridgehead atoms. The van der Waals surface area contributed by atoms with E-state index in [-0.39, 0.29) is 16.5 Å². The lowest BCUT2D eigenvalue weighted by Gasteiger charge is -2.27. The van der Waals surface area contributed by atoms with E-state index in [4.69, 9.17) is 0 Å². The Morgan fingerprint density at radius 1 is 1.20 bits per heavy atom. The molecule has 2 rings (SSSR count). The zero-order valence-electron chi connectivity index (χ0n) is 12.4. The lowest BCUT2D eigenvalue weighted by molar-refractivity contribution is 0.502. The summed E-state index contributed by atoms with van der Waals surface area (Å²) in [7, 11) is -3.07. The van der Waals surface area contributed by atoms with Crippen LogP contribution in [0.5, 0.6) is 0 Å². The Balaban J connectivity index is 2.24. The monoisotopic (exact) mass is 295 g/mol. The molecule has 1 aliphatic rings. The molecule has 1 aromatic rings. The molecule has 1 fully saturated rings. The quantitative estimate of drug-likeness (QED) is 0.877. The number of sulfone groups is 1. The van der Waals surface area contributed by atoms with Crippen LogP contribution in [0.15, 0.2) is 30.3 Å². The molecule has 0 amide bonds. The fourth-order valence-corrected chi connectivity index (χ4v) is 5.38. The first-order valence-corrected chi connectivity index (χ1v) is 9.19. The van der Waals surface area contributed by atoms with Crippen molar-refractivity contribution in [1.82, 2.24) is 5.32 Å². The van der Waals surface area contributed by atoms with Gasteiger partial charge in [0, 0.05) is 6.04 Å². The van der Waals surface area contributed by atoms with Crippen LogP contribution in [-0.4, -0.2) is 25.5 Å². The van der Waals surface area contributed by atoms with Crippen LogP contribution in [0.2, 0.25) is 0 Å². The van der Waals surface area contributed by atoms with Crippen molar-refractivity contribution in [2.45, 2.75) is 56.1 Å². The van der Waals surface area contributed by atoms with Gasteiger partial charge >= 0.3 is 0 Å². The summed E-state index contributed by atoms with van der Waals surface area (Å²) < 4.78 is 25.6. The van der Waals surface area contributed by atoms with Crippen LogP contribution < -0.4 is 5.32 Å². The second-order valence-corrected chi connectivity index (χ2v) is 8.23. The SMILES string of the molecule is CCNC(c1ccccc1)C(C)S(=O)(=O)C1CCCC1. The average molecular weight is 295 g/mol. The molecule has 0 radical (unpaired) electrons. The van der Waals surface area contributed by atoms with Crippen LogP contribution in [0.1, 0.15) is 51.1 Å². The standard InChI is InChI=1S/C16H25NO2S/c1-3-17-16(14-9-5-4-6-10-14)13(2)20(18,19)15-11-7-8-12-15/h4-6,9-10,13,15-17H,3,7-8,11-12H2,1-2H3. The summed E-state index contributed by atoms with van der Waals surface area (Å²) in [4.78, 5) is 0. The summed E-state index contributed by atoms with van der Waals surface area (Å²) in [5.74, 6) is 0. The van der Waals surface area contributed by atoms with Gasteiger partial charge in [0.25, 0.3) is 0 Å². The van der Waals surface area contributed by atoms with Gasteiger partial charge in [0.1, 0.15) is 0 Å². The molecule has 0 heterocycles. The molecule has 0 aromatic heterocycles. The molecular weight excluding hydrogens is 270 g/mol. The minimum atomic E-state index is -3.07. The van der Waals surface area contributed by atoms with Gasteiger partial charge in [-0.05, 0) is 31.9 Å². The number of nitrogens with one attached hydrogen (secondary N) is 1. The van der Waals surface area contributed by atoms with Crippen molar-refractivity contribution in [2.24, 2.45) is 0 Å². The van der Waals surface area contributed by atoms with Crippen molar-refractivity contribution in [3.8, 4) is 0 Å². The average Bonchev–Trinajstić information content (AvgIpc) is 3.00. The molecular formula is C16H25NO2S. The molecule has 0 aliphatic heterocycles. The maximum Gasteiger partial charge on any atom is 0.157 e. The molecule has 1 saturated carbocycles. The molecule has 4 heteroatoms. The van der Waals surface area contributed by atoms with Gasteiger partial charge in [-0.3, -0.25) is 0 Å². The zero-order valence-corrected chi connectivity index (χ0v) is 13.2. The van der Waals surface area contributed by atoms with Crippen LogP contribution >= 0.6 is 0 Å². The lowest BCUT2D eigenvalue weighted by Crippen LogP contribution is -2.39. The van der Waals surface area contributed by atoms with E-state index in [9.17, 15) is 8.42 Å². The summed E-state index contributed by atoms with van der Waals surface area (Å²) >= 11 is 0. The van der Waals surface area contributed by atoms with Crippen molar-refractivity contribution in [1.29, 1.82) is 0 Å². The third-order valence-electron chi connectivity index (χ3n) is 4.34. The van der Waals surface area contributed by atoms with Crippen LogP contribution in [-0.2, 0) is 9.84 Å². The molecule has 0 saturated heterocycles. The number of hydrogen-bond acceptors (Lipinski definition) is 3. The van der Waals surface area contributed by atoms with E-state index in [0.29, 0.717) is 0 Å². The van der Waals surface area contributed by atoms with Crippen molar-refractivity contribution in [2.75, 3.05) is 6.54 Å². The minimum absolute atomic E-state index is 0.119. The predicted molar refractivity (Wildman–Crippen MR) is 83.5 cm³/mol. The maximum atomic E-state index is 12.8. The molecule has 112 valence electrons. The number of rotatable bonds is 6. The fraction of sp³-hybridized carbons (Fsp3) is 0.625. The molecule has 2 atom stereocenters. The Kier molecular flexibility index (Phi) is 5.22. The van der Waals surface area contributed by atoms with Crippen molar-refractivity contribution >= 4 is 9.84 Å². The highest BCUT2D eigenvalue weighted by Gasteiger charge is 2.37. The summed E-state index contributed by atoms with van der Waals surface area (Å²) in [6.45, 7) is 4.64. The Morgan fingerprint density at radius 2 is 1.80 bits per heavy atom. The first-order chi connectivity index (χ1) is 9.57. The summed E-state index contributed by atoms with van der Waals surface area (Å²) in [5, 5.41) is 2.83. The Morgan fingerprint density at radius 3 is 2.35 bits per heavy atom. The largest absolute Gasteiger partial charge is 0.309 e. The van der Waals surface area contributed by atoms with E-state index < -0.39 is 9.84 Å². The molecule has 1 N–H and O–H groups in total. The summed E-state index contributed by atoms with van der Waals surface area (Å²) in [6.07, 6.45) is 3.77. The van der Waals surface area contributed by atoms with E-state index in [1.54, 1.807) is 0 Å². The smallest absolute Gasteiger partial charge is 0.157 e. The van der Waals surface area contributed by atoms with Crippen LogP contribution in [0, 0.1) is 0 Å². The summed E-state index contributed by atoms with van der Waals surface area (Å²) in [5.41, 5.74) is 1.06. The van der Waals surface area contributed by atoms with E-state index in [2.05, 4.69) is 5.32 Å². The molecule has 20 heavy (non-hydrogen) atoms. The number of hydrogen-bond donors (Lipinski definition) is 1. The van der Waals surface area contributed by atoms with Crippen molar-refractivity contribution in [3.05, 3.63) is 35.9 Å². The second kappa shape index (κ2) is 6.72. The first-order valence-electron chi connectivity index (χ1n) is 7.58. The van der Waals surface area contributed by atoms with E-state index in [1.165, 1.54) is 0 Å². The van der Waals surface area contributed by atoms with Gasteiger partial charge in [-0.15, -0.1) is 0 Å². The van der Waals surface area contributed by atoms with E-state index in [1.807, 2.05) is 44.2 Å². The molecule has 0 spiro atoms. The molecule has 2 unspecified atom stereocenters. The van der Waals surface area contributed by atoms with Gasteiger partial charge in [-0.1, -0.05) is 50.1 Å². The Bertz CT molecular complexity index is 507. The lowest BCUT2D eigenvalue weighted by atomic mass is 10.0.